The Morgan fingerprint density at radius 2 is 2.05 bits per heavy atom. The minimum absolute atomic E-state index is 0.135. The summed E-state index contributed by atoms with van der Waals surface area (Å²) < 4.78 is 0. The molecule has 0 spiro atoms. The van der Waals surface area contributed by atoms with E-state index in [1.807, 2.05) is 7.05 Å². The maximum Gasteiger partial charge on any atom is 0.265 e. The lowest BCUT2D eigenvalue weighted by atomic mass is 10.4. The monoisotopic (exact) mass is 285 g/mol. The Morgan fingerprint density at radius 1 is 1.37 bits per heavy atom. The predicted molar refractivity (Wildman–Crippen MR) is 81.0 cm³/mol. The topological polar surface area (TPSA) is 83.3 Å². The molecule has 19 heavy (non-hydrogen) atoms. The van der Waals surface area contributed by atoms with Crippen LogP contribution in [0.5, 0.6) is 0 Å². The summed E-state index contributed by atoms with van der Waals surface area (Å²) in [5, 5.41) is 6.70. The van der Waals surface area contributed by atoms with Gasteiger partial charge < -0.3 is 21.3 Å². The molecule has 0 bridgehead atoms. The van der Waals surface area contributed by atoms with Crippen LogP contribution in [-0.4, -0.2) is 44.1 Å². The Hall–Kier alpha value is -1.34. The van der Waals surface area contributed by atoms with Crippen molar-refractivity contribution in [1.29, 1.82) is 0 Å². The molecule has 108 valence electrons. The second-order valence-electron chi connectivity index (χ2n) is 4.10. The van der Waals surface area contributed by atoms with Gasteiger partial charge in [-0.2, -0.15) is 0 Å². The summed E-state index contributed by atoms with van der Waals surface area (Å²) in [5.41, 5.74) is 5.82. The Morgan fingerprint density at radius 3 is 2.63 bits per heavy atom. The first kappa shape index (κ1) is 15.7. The van der Waals surface area contributed by atoms with Gasteiger partial charge in [-0.3, -0.25) is 4.79 Å². The van der Waals surface area contributed by atoms with Gasteiger partial charge in [0, 0.05) is 19.6 Å². The number of nitrogen functional groups attached to an aromatic ring is 1. The summed E-state index contributed by atoms with van der Waals surface area (Å²) in [6.45, 7) is 7.33. The summed E-state index contributed by atoms with van der Waals surface area (Å²) in [4.78, 5) is 18.8. The van der Waals surface area contributed by atoms with Gasteiger partial charge in [0.15, 0.2) is 5.13 Å². The highest BCUT2D eigenvalue weighted by Gasteiger charge is 2.17. The van der Waals surface area contributed by atoms with Gasteiger partial charge in [0.25, 0.3) is 5.91 Å². The number of aromatic nitrogens is 1. The molecule has 0 aliphatic rings. The number of anilines is 2. The summed E-state index contributed by atoms with van der Waals surface area (Å²) in [6.07, 6.45) is 0.893. The molecule has 4 N–H and O–H groups in total. The zero-order valence-electron chi connectivity index (χ0n) is 11.8. The molecule has 6 nitrogen and oxygen atoms in total. The number of nitrogens with zero attached hydrogens (tertiary/aromatic N) is 2. The largest absolute Gasteiger partial charge is 0.382 e. The van der Waals surface area contributed by atoms with Gasteiger partial charge in [-0.1, -0.05) is 11.3 Å². The van der Waals surface area contributed by atoms with Crippen LogP contribution in [0.4, 0.5) is 10.9 Å². The van der Waals surface area contributed by atoms with Gasteiger partial charge in [0.1, 0.15) is 10.7 Å². The van der Waals surface area contributed by atoms with Crippen LogP contribution in [0.1, 0.15) is 29.9 Å². The number of nitrogens with one attached hydrogen (secondary N) is 2. The summed E-state index contributed by atoms with van der Waals surface area (Å²) in [6, 6.07) is 0. The van der Waals surface area contributed by atoms with E-state index in [0.29, 0.717) is 17.2 Å². The van der Waals surface area contributed by atoms with Crippen molar-refractivity contribution in [3.8, 4) is 0 Å². The SMILES string of the molecule is CCN(CC)c1nc(N)c(C(=O)NCCCNC)s1. The average Bonchev–Trinajstić information content (AvgIpc) is 2.78. The van der Waals surface area contributed by atoms with Crippen molar-refractivity contribution < 1.29 is 4.79 Å². The average molecular weight is 285 g/mol. The van der Waals surface area contributed by atoms with Crippen LogP contribution >= 0.6 is 11.3 Å². The third kappa shape index (κ3) is 4.36. The van der Waals surface area contributed by atoms with Crippen LogP contribution in [0, 0.1) is 0 Å². The van der Waals surface area contributed by atoms with Crippen LogP contribution in [0.15, 0.2) is 0 Å². The summed E-state index contributed by atoms with van der Waals surface area (Å²) in [5.74, 6) is 0.183. The molecule has 1 aromatic rings. The summed E-state index contributed by atoms with van der Waals surface area (Å²) >= 11 is 1.35. The van der Waals surface area contributed by atoms with E-state index >= 15 is 0 Å². The molecule has 0 aliphatic carbocycles. The van der Waals surface area contributed by atoms with Crippen LogP contribution in [0.3, 0.4) is 0 Å². The van der Waals surface area contributed by atoms with Crippen molar-refractivity contribution in [3.05, 3.63) is 4.88 Å². The standard InChI is InChI=1S/C12H23N5OS/c1-4-17(5-2)12-16-10(13)9(19-12)11(18)15-8-6-7-14-3/h14H,4-8,13H2,1-3H3,(H,15,18). The molecule has 1 aromatic heterocycles. The highest BCUT2D eigenvalue weighted by Crippen LogP contribution is 2.27. The van der Waals surface area contributed by atoms with E-state index in [0.717, 1.165) is 31.2 Å². The number of hydrogen-bond acceptors (Lipinski definition) is 6. The zero-order chi connectivity index (χ0) is 14.3. The van der Waals surface area contributed by atoms with Gasteiger partial charge in [0.2, 0.25) is 0 Å². The van der Waals surface area contributed by atoms with E-state index in [1.54, 1.807) is 0 Å². The number of carbonyl (C=O) groups is 1. The van der Waals surface area contributed by atoms with Crippen molar-refractivity contribution >= 4 is 28.2 Å². The van der Waals surface area contributed by atoms with E-state index in [2.05, 4.69) is 34.4 Å². The molecule has 1 heterocycles. The molecule has 7 heteroatoms. The Balaban J connectivity index is 2.64. The van der Waals surface area contributed by atoms with Crippen LogP contribution in [-0.2, 0) is 0 Å². The van der Waals surface area contributed by atoms with E-state index in [4.69, 9.17) is 5.73 Å². The quantitative estimate of drug-likeness (QED) is 0.618. The Kier molecular flexibility index (Phi) is 6.58. The van der Waals surface area contributed by atoms with Gasteiger partial charge in [-0.15, -0.1) is 0 Å². The third-order valence-corrected chi connectivity index (χ3v) is 3.90. The Bertz CT molecular complexity index is 403. The van der Waals surface area contributed by atoms with Gasteiger partial charge in [-0.25, -0.2) is 4.98 Å². The molecule has 0 saturated carbocycles. The number of hydrogen-bond donors (Lipinski definition) is 3. The number of nitrogens with two attached hydrogens (primary N) is 1. The van der Waals surface area contributed by atoms with E-state index in [-0.39, 0.29) is 5.91 Å². The molecular weight excluding hydrogens is 262 g/mol. The fourth-order valence-electron chi connectivity index (χ4n) is 1.66. The highest BCUT2D eigenvalue weighted by atomic mass is 32.1. The maximum atomic E-state index is 12.0. The molecule has 0 saturated heterocycles. The van der Waals surface area contributed by atoms with Crippen LogP contribution in [0.2, 0.25) is 0 Å². The fraction of sp³-hybridized carbons (Fsp3) is 0.667. The second kappa shape index (κ2) is 7.96. The molecule has 0 aromatic carbocycles. The normalized spacial score (nSPS) is 10.5. The first-order valence-electron chi connectivity index (χ1n) is 6.58. The smallest absolute Gasteiger partial charge is 0.265 e. The van der Waals surface area contributed by atoms with Crippen molar-refractivity contribution in [2.75, 3.05) is 43.9 Å². The number of rotatable bonds is 8. The third-order valence-electron chi connectivity index (χ3n) is 2.77. The lowest BCUT2D eigenvalue weighted by Gasteiger charge is -2.16. The van der Waals surface area contributed by atoms with Gasteiger partial charge in [-0.05, 0) is 33.9 Å². The molecule has 0 radical (unpaired) electrons. The van der Waals surface area contributed by atoms with E-state index in [9.17, 15) is 4.79 Å². The molecule has 0 aliphatic heterocycles. The first-order chi connectivity index (χ1) is 9.13. The molecule has 0 atom stereocenters. The maximum absolute atomic E-state index is 12.0. The second-order valence-corrected chi connectivity index (χ2v) is 5.07. The predicted octanol–water partition coefficient (Wildman–Crippen LogP) is 0.911. The summed E-state index contributed by atoms with van der Waals surface area (Å²) in [7, 11) is 1.89. The number of carbonyl (C=O) groups excluding carboxylic acids is 1. The van der Waals surface area contributed by atoms with E-state index < -0.39 is 0 Å². The van der Waals surface area contributed by atoms with Crippen LogP contribution in [0.25, 0.3) is 0 Å². The molecule has 1 rings (SSSR count). The van der Waals surface area contributed by atoms with Crippen molar-refractivity contribution in [2.24, 2.45) is 0 Å². The molecule has 0 unspecified atom stereocenters. The van der Waals surface area contributed by atoms with Crippen LogP contribution < -0.4 is 21.3 Å². The fourth-order valence-corrected chi connectivity index (χ4v) is 2.69. The molecule has 1 amide bonds. The van der Waals surface area contributed by atoms with E-state index in [1.165, 1.54) is 11.3 Å². The van der Waals surface area contributed by atoms with Crippen molar-refractivity contribution in [3.63, 3.8) is 0 Å². The molecular formula is C12H23N5OS. The zero-order valence-corrected chi connectivity index (χ0v) is 12.6. The Labute approximate surface area is 118 Å². The van der Waals surface area contributed by atoms with Gasteiger partial charge >= 0.3 is 0 Å². The van der Waals surface area contributed by atoms with Crippen molar-refractivity contribution in [2.45, 2.75) is 20.3 Å². The first-order valence-corrected chi connectivity index (χ1v) is 7.39. The van der Waals surface area contributed by atoms with Crippen molar-refractivity contribution in [1.82, 2.24) is 15.6 Å². The highest BCUT2D eigenvalue weighted by molar-refractivity contribution is 7.18. The number of thiazole rings is 1. The van der Waals surface area contributed by atoms with Gasteiger partial charge in [0.05, 0.1) is 0 Å². The lowest BCUT2D eigenvalue weighted by molar-refractivity contribution is 0.0958. The minimum atomic E-state index is -0.135. The number of amides is 1. The molecule has 0 fully saturated rings. The minimum Gasteiger partial charge on any atom is -0.382 e. The lowest BCUT2D eigenvalue weighted by Crippen LogP contribution is -2.26.